The zero-order valence-electron chi connectivity index (χ0n) is 13.9. The summed E-state index contributed by atoms with van der Waals surface area (Å²) >= 11 is 0. The smallest absolute Gasteiger partial charge is 0.247 e. The van der Waals surface area contributed by atoms with Gasteiger partial charge >= 0.3 is 0 Å². The molecule has 8 heteroatoms. The topological polar surface area (TPSA) is 85.6 Å². The van der Waals surface area contributed by atoms with Crippen LogP contribution in [0.5, 0.6) is 5.75 Å². The lowest BCUT2D eigenvalue weighted by atomic mass is 10.3. The Morgan fingerprint density at radius 1 is 1.24 bits per heavy atom. The van der Waals surface area contributed by atoms with Crippen molar-refractivity contribution in [2.24, 2.45) is 0 Å². The second-order valence-electron chi connectivity index (χ2n) is 6.32. The van der Waals surface area contributed by atoms with Gasteiger partial charge in [-0.25, -0.2) is 12.9 Å². The molecular formula is C17H18N4O3S. The highest BCUT2D eigenvalue weighted by Crippen LogP contribution is 2.35. The number of nitrogens with zero attached hydrogens (tertiary/aromatic N) is 3. The Morgan fingerprint density at radius 3 is 2.76 bits per heavy atom. The summed E-state index contributed by atoms with van der Waals surface area (Å²) in [5.74, 6) is 0.929. The quantitative estimate of drug-likeness (QED) is 0.755. The van der Waals surface area contributed by atoms with Crippen LogP contribution in [0.2, 0.25) is 0 Å². The van der Waals surface area contributed by atoms with Crippen molar-refractivity contribution in [3.63, 3.8) is 0 Å². The van der Waals surface area contributed by atoms with E-state index in [9.17, 15) is 8.42 Å². The summed E-state index contributed by atoms with van der Waals surface area (Å²) in [6, 6.07) is 8.65. The predicted octanol–water partition coefficient (Wildman–Crippen LogP) is 2.73. The van der Waals surface area contributed by atoms with Crippen LogP contribution in [-0.4, -0.2) is 35.4 Å². The van der Waals surface area contributed by atoms with Crippen molar-refractivity contribution >= 4 is 27.1 Å². The van der Waals surface area contributed by atoms with E-state index in [1.54, 1.807) is 22.7 Å². The molecule has 1 aliphatic carbocycles. The number of fused-ring (bicyclic) bond motifs is 1. The van der Waals surface area contributed by atoms with Crippen molar-refractivity contribution in [1.29, 1.82) is 0 Å². The van der Waals surface area contributed by atoms with Crippen molar-refractivity contribution in [3.05, 3.63) is 42.1 Å². The number of sulfone groups is 1. The summed E-state index contributed by atoms with van der Waals surface area (Å²) in [6.45, 7) is 1.99. The molecule has 3 aromatic rings. The fourth-order valence-corrected chi connectivity index (χ4v) is 3.10. The Balaban J connectivity index is 1.70. The van der Waals surface area contributed by atoms with E-state index in [0.29, 0.717) is 17.4 Å². The number of aromatic nitrogens is 3. The Labute approximate surface area is 145 Å². The van der Waals surface area contributed by atoms with E-state index in [-0.39, 0.29) is 11.0 Å². The van der Waals surface area contributed by atoms with Gasteiger partial charge in [-0.3, -0.25) is 0 Å². The predicted molar refractivity (Wildman–Crippen MR) is 94.2 cm³/mol. The molecule has 2 aromatic heterocycles. The largest absolute Gasteiger partial charge is 0.488 e. The monoisotopic (exact) mass is 358 g/mol. The third kappa shape index (κ3) is 3.43. The van der Waals surface area contributed by atoms with Gasteiger partial charge in [0.1, 0.15) is 5.75 Å². The highest BCUT2D eigenvalue weighted by molar-refractivity contribution is 7.90. The summed E-state index contributed by atoms with van der Waals surface area (Å²) in [5.41, 5.74) is 2.46. The normalized spacial score (nSPS) is 14.6. The van der Waals surface area contributed by atoms with Crippen LogP contribution in [-0.2, 0) is 9.84 Å². The molecule has 1 saturated carbocycles. The van der Waals surface area contributed by atoms with E-state index in [4.69, 9.17) is 4.74 Å². The third-order valence-electron chi connectivity index (χ3n) is 3.92. The number of hydrogen-bond acceptors (Lipinski definition) is 6. The molecule has 130 valence electrons. The lowest BCUT2D eigenvalue weighted by Crippen LogP contribution is -2.04. The third-order valence-corrected chi connectivity index (χ3v) is 5.03. The van der Waals surface area contributed by atoms with Gasteiger partial charge in [0.2, 0.25) is 5.95 Å². The van der Waals surface area contributed by atoms with Gasteiger partial charge in [-0.1, -0.05) is 6.07 Å². The Bertz CT molecular complexity index is 1050. The molecule has 0 bridgehead atoms. The molecule has 2 heterocycles. The number of rotatable bonds is 5. The summed E-state index contributed by atoms with van der Waals surface area (Å²) < 4.78 is 31.2. The number of nitrogens with one attached hydrogen (secondary N) is 1. The molecule has 25 heavy (non-hydrogen) atoms. The molecule has 1 aromatic carbocycles. The fourth-order valence-electron chi connectivity index (χ4n) is 2.46. The standard InChI is InChI=1S/C17H18N4O3S/c1-11-3-8-16-19-17(20-21(16)10-11)18-14-7-6-13(25(2,22)23)9-15(14)24-12-4-5-12/h3,6-10,12H,4-5H2,1-2H3,(H,18,20). The highest BCUT2D eigenvalue weighted by atomic mass is 32.2. The molecule has 0 radical (unpaired) electrons. The molecule has 0 saturated heterocycles. The molecule has 7 nitrogen and oxygen atoms in total. The van der Waals surface area contributed by atoms with E-state index >= 15 is 0 Å². The SMILES string of the molecule is Cc1ccc2nc(Nc3ccc(S(C)(=O)=O)cc3OC3CC3)nn2c1. The van der Waals surface area contributed by atoms with Crippen LogP contribution in [0.15, 0.2) is 41.4 Å². The zero-order chi connectivity index (χ0) is 17.6. The minimum atomic E-state index is -3.30. The maximum absolute atomic E-state index is 11.8. The summed E-state index contributed by atoms with van der Waals surface area (Å²) in [4.78, 5) is 4.65. The molecule has 4 rings (SSSR count). The van der Waals surface area contributed by atoms with Crippen LogP contribution in [0.3, 0.4) is 0 Å². The van der Waals surface area contributed by atoms with Crippen molar-refractivity contribution < 1.29 is 13.2 Å². The van der Waals surface area contributed by atoms with E-state index in [1.165, 1.54) is 6.26 Å². The van der Waals surface area contributed by atoms with Crippen molar-refractivity contribution in [1.82, 2.24) is 14.6 Å². The molecule has 0 aliphatic heterocycles. The first kappa shape index (κ1) is 15.9. The summed E-state index contributed by atoms with van der Waals surface area (Å²) in [6.07, 6.45) is 5.18. The molecule has 1 fully saturated rings. The minimum absolute atomic E-state index is 0.145. The average molecular weight is 358 g/mol. The van der Waals surface area contributed by atoms with Gasteiger partial charge in [-0.15, -0.1) is 5.10 Å². The first-order valence-corrected chi connectivity index (χ1v) is 9.88. The highest BCUT2D eigenvalue weighted by Gasteiger charge is 2.25. The first-order valence-electron chi connectivity index (χ1n) is 7.99. The molecule has 0 amide bonds. The van der Waals surface area contributed by atoms with Crippen LogP contribution < -0.4 is 10.1 Å². The van der Waals surface area contributed by atoms with Crippen LogP contribution >= 0.6 is 0 Å². The Morgan fingerprint density at radius 2 is 2.04 bits per heavy atom. The molecule has 1 N–H and O–H groups in total. The molecule has 1 aliphatic rings. The van der Waals surface area contributed by atoms with Crippen LogP contribution in [0.4, 0.5) is 11.6 Å². The van der Waals surface area contributed by atoms with Crippen molar-refractivity contribution in [2.45, 2.75) is 30.8 Å². The van der Waals surface area contributed by atoms with E-state index in [2.05, 4.69) is 15.4 Å². The van der Waals surface area contributed by atoms with Crippen LogP contribution in [0.1, 0.15) is 18.4 Å². The van der Waals surface area contributed by atoms with Crippen LogP contribution in [0, 0.1) is 6.92 Å². The van der Waals surface area contributed by atoms with Crippen molar-refractivity contribution in [2.75, 3.05) is 11.6 Å². The Kier molecular flexibility index (Phi) is 3.64. The van der Waals surface area contributed by atoms with Gasteiger partial charge in [0.05, 0.1) is 16.7 Å². The maximum Gasteiger partial charge on any atom is 0.247 e. The van der Waals surface area contributed by atoms with Gasteiger partial charge < -0.3 is 10.1 Å². The number of ether oxygens (including phenoxy) is 1. The second kappa shape index (κ2) is 5.73. The van der Waals surface area contributed by atoms with Crippen LogP contribution in [0.25, 0.3) is 5.65 Å². The molecule has 0 unspecified atom stereocenters. The van der Waals surface area contributed by atoms with Gasteiger partial charge in [-0.05, 0) is 43.5 Å². The lowest BCUT2D eigenvalue weighted by molar-refractivity contribution is 0.304. The average Bonchev–Trinajstić information content (AvgIpc) is 3.26. The van der Waals surface area contributed by atoms with Gasteiger partial charge in [0.15, 0.2) is 15.5 Å². The summed E-state index contributed by atoms with van der Waals surface area (Å²) in [7, 11) is -3.30. The van der Waals surface area contributed by atoms with E-state index in [1.807, 2.05) is 25.3 Å². The summed E-state index contributed by atoms with van der Waals surface area (Å²) in [5, 5.41) is 7.53. The van der Waals surface area contributed by atoms with Gasteiger partial charge in [0, 0.05) is 18.5 Å². The minimum Gasteiger partial charge on any atom is -0.488 e. The van der Waals surface area contributed by atoms with Gasteiger partial charge in [-0.2, -0.15) is 4.98 Å². The van der Waals surface area contributed by atoms with Gasteiger partial charge in [0.25, 0.3) is 0 Å². The lowest BCUT2D eigenvalue weighted by Gasteiger charge is -2.12. The van der Waals surface area contributed by atoms with Crippen molar-refractivity contribution in [3.8, 4) is 5.75 Å². The number of hydrogen-bond donors (Lipinski definition) is 1. The van der Waals surface area contributed by atoms with E-state index < -0.39 is 9.84 Å². The fraction of sp³-hybridized carbons (Fsp3) is 0.294. The number of benzene rings is 1. The maximum atomic E-state index is 11.8. The number of anilines is 2. The number of aryl methyl sites for hydroxylation is 1. The zero-order valence-corrected chi connectivity index (χ0v) is 14.7. The second-order valence-corrected chi connectivity index (χ2v) is 8.33. The Hall–Kier alpha value is -2.61. The first-order chi connectivity index (χ1) is 11.9. The molecule has 0 atom stereocenters. The number of pyridine rings is 1. The van der Waals surface area contributed by atoms with E-state index in [0.717, 1.165) is 24.1 Å². The molecule has 0 spiro atoms. The molecular weight excluding hydrogens is 340 g/mol.